The SMILES string of the molecule is NNc1cccc2nc(Cl)ccc12. The molecule has 0 aliphatic carbocycles. The molecule has 0 spiro atoms. The predicted octanol–water partition coefficient (Wildman–Crippen LogP) is 2.17. The quantitative estimate of drug-likeness (QED) is 0.415. The molecule has 2 rings (SSSR count). The van der Waals surface area contributed by atoms with Crippen molar-refractivity contribution in [1.29, 1.82) is 0 Å². The van der Waals surface area contributed by atoms with Crippen LogP contribution in [0.3, 0.4) is 0 Å². The average molecular weight is 194 g/mol. The van der Waals surface area contributed by atoms with Gasteiger partial charge in [0.05, 0.1) is 11.2 Å². The number of nitrogens with zero attached hydrogens (tertiary/aromatic N) is 1. The monoisotopic (exact) mass is 193 g/mol. The largest absolute Gasteiger partial charge is 0.323 e. The molecular weight excluding hydrogens is 186 g/mol. The maximum absolute atomic E-state index is 5.75. The van der Waals surface area contributed by atoms with E-state index in [0.717, 1.165) is 16.6 Å². The summed E-state index contributed by atoms with van der Waals surface area (Å²) in [6.07, 6.45) is 0. The number of aromatic nitrogens is 1. The Labute approximate surface area is 80.5 Å². The minimum Gasteiger partial charge on any atom is -0.323 e. The molecule has 0 aliphatic heterocycles. The molecule has 1 aromatic heterocycles. The third kappa shape index (κ3) is 1.43. The first-order valence-electron chi connectivity index (χ1n) is 3.83. The van der Waals surface area contributed by atoms with Crippen molar-refractivity contribution in [3.8, 4) is 0 Å². The molecule has 1 heterocycles. The van der Waals surface area contributed by atoms with Crippen molar-refractivity contribution in [1.82, 2.24) is 4.98 Å². The summed E-state index contributed by atoms with van der Waals surface area (Å²) in [6, 6.07) is 9.28. The number of pyridine rings is 1. The van der Waals surface area contributed by atoms with Gasteiger partial charge in [-0.2, -0.15) is 0 Å². The summed E-state index contributed by atoms with van der Waals surface area (Å²) in [7, 11) is 0. The van der Waals surface area contributed by atoms with Gasteiger partial charge in [0.25, 0.3) is 0 Å². The topological polar surface area (TPSA) is 50.9 Å². The zero-order valence-corrected chi connectivity index (χ0v) is 7.55. The van der Waals surface area contributed by atoms with Crippen LogP contribution in [0.4, 0.5) is 5.69 Å². The third-order valence-electron chi connectivity index (χ3n) is 1.85. The van der Waals surface area contributed by atoms with Gasteiger partial charge in [-0.1, -0.05) is 17.7 Å². The Morgan fingerprint density at radius 1 is 1.23 bits per heavy atom. The predicted molar refractivity (Wildman–Crippen MR) is 54.6 cm³/mol. The number of hydrazine groups is 1. The van der Waals surface area contributed by atoms with E-state index in [1.807, 2.05) is 24.3 Å². The van der Waals surface area contributed by atoms with Crippen molar-refractivity contribution in [2.24, 2.45) is 5.84 Å². The van der Waals surface area contributed by atoms with E-state index in [9.17, 15) is 0 Å². The number of nitrogens with one attached hydrogen (secondary N) is 1. The van der Waals surface area contributed by atoms with Crippen LogP contribution in [0.25, 0.3) is 10.9 Å². The lowest BCUT2D eigenvalue weighted by molar-refractivity contribution is 1.35. The van der Waals surface area contributed by atoms with Crippen LogP contribution >= 0.6 is 11.6 Å². The number of rotatable bonds is 1. The number of benzene rings is 1. The molecular formula is C9H8ClN3. The van der Waals surface area contributed by atoms with E-state index in [2.05, 4.69) is 10.4 Å². The Balaban J connectivity index is 2.77. The Hall–Kier alpha value is -1.32. The Morgan fingerprint density at radius 2 is 2.08 bits per heavy atom. The Kier molecular flexibility index (Phi) is 2.04. The molecule has 3 nitrogen and oxygen atoms in total. The molecule has 0 aliphatic rings. The van der Waals surface area contributed by atoms with Gasteiger partial charge in [0.15, 0.2) is 0 Å². The van der Waals surface area contributed by atoms with Crippen molar-refractivity contribution in [2.75, 3.05) is 5.43 Å². The summed E-state index contributed by atoms with van der Waals surface area (Å²) < 4.78 is 0. The van der Waals surface area contributed by atoms with Crippen molar-refractivity contribution in [2.45, 2.75) is 0 Å². The van der Waals surface area contributed by atoms with Gasteiger partial charge >= 0.3 is 0 Å². The lowest BCUT2D eigenvalue weighted by Crippen LogP contribution is -2.06. The second-order valence-corrected chi connectivity index (χ2v) is 3.04. The van der Waals surface area contributed by atoms with Crippen molar-refractivity contribution in [3.63, 3.8) is 0 Å². The van der Waals surface area contributed by atoms with Gasteiger partial charge in [0, 0.05) is 5.39 Å². The fraction of sp³-hybridized carbons (Fsp3) is 0. The lowest BCUT2D eigenvalue weighted by atomic mass is 10.2. The fourth-order valence-corrected chi connectivity index (χ4v) is 1.41. The number of nitrogens with two attached hydrogens (primary N) is 1. The van der Waals surface area contributed by atoms with Crippen LogP contribution in [0, 0.1) is 0 Å². The summed E-state index contributed by atoms with van der Waals surface area (Å²) in [5.74, 6) is 5.34. The molecule has 0 saturated carbocycles. The van der Waals surface area contributed by atoms with Crippen LogP contribution < -0.4 is 11.3 Å². The standard InChI is InChI=1S/C9H8ClN3/c10-9-5-4-6-7(12-9)2-1-3-8(6)13-11/h1-5,13H,11H2. The van der Waals surface area contributed by atoms with Crippen LogP contribution in [-0.2, 0) is 0 Å². The summed E-state index contributed by atoms with van der Waals surface area (Å²) in [5, 5.41) is 1.45. The van der Waals surface area contributed by atoms with Crippen molar-refractivity contribution in [3.05, 3.63) is 35.5 Å². The highest BCUT2D eigenvalue weighted by Gasteiger charge is 1.99. The molecule has 4 heteroatoms. The van der Waals surface area contributed by atoms with Gasteiger partial charge in [-0.3, -0.25) is 5.84 Å². The van der Waals surface area contributed by atoms with E-state index in [4.69, 9.17) is 17.4 Å². The van der Waals surface area contributed by atoms with Gasteiger partial charge in [-0.25, -0.2) is 4.98 Å². The van der Waals surface area contributed by atoms with E-state index in [1.54, 1.807) is 6.07 Å². The Bertz CT molecular complexity index is 442. The minimum absolute atomic E-state index is 0.488. The van der Waals surface area contributed by atoms with Gasteiger partial charge in [-0.15, -0.1) is 0 Å². The Morgan fingerprint density at radius 3 is 2.85 bits per heavy atom. The van der Waals surface area contributed by atoms with Crippen LogP contribution in [0.15, 0.2) is 30.3 Å². The first-order valence-corrected chi connectivity index (χ1v) is 4.21. The van der Waals surface area contributed by atoms with E-state index in [-0.39, 0.29) is 0 Å². The van der Waals surface area contributed by atoms with Crippen LogP contribution in [0.2, 0.25) is 5.15 Å². The number of fused-ring (bicyclic) bond motifs is 1. The molecule has 0 unspecified atom stereocenters. The molecule has 0 amide bonds. The smallest absolute Gasteiger partial charge is 0.129 e. The molecule has 0 saturated heterocycles. The van der Waals surface area contributed by atoms with Crippen molar-refractivity contribution < 1.29 is 0 Å². The van der Waals surface area contributed by atoms with E-state index in [0.29, 0.717) is 5.15 Å². The van der Waals surface area contributed by atoms with Gasteiger partial charge in [0.1, 0.15) is 5.15 Å². The molecule has 0 fully saturated rings. The number of halogens is 1. The zero-order valence-electron chi connectivity index (χ0n) is 6.79. The van der Waals surface area contributed by atoms with Gasteiger partial charge < -0.3 is 5.43 Å². The third-order valence-corrected chi connectivity index (χ3v) is 2.06. The fourth-order valence-electron chi connectivity index (χ4n) is 1.26. The van der Waals surface area contributed by atoms with Crippen LogP contribution in [0.1, 0.15) is 0 Å². The summed E-state index contributed by atoms with van der Waals surface area (Å²) >= 11 is 5.75. The highest BCUT2D eigenvalue weighted by molar-refractivity contribution is 6.29. The van der Waals surface area contributed by atoms with E-state index >= 15 is 0 Å². The summed E-state index contributed by atoms with van der Waals surface area (Å²) in [6.45, 7) is 0. The second kappa shape index (κ2) is 3.20. The molecule has 2 aromatic rings. The zero-order chi connectivity index (χ0) is 9.26. The molecule has 0 radical (unpaired) electrons. The molecule has 1 aromatic carbocycles. The highest BCUT2D eigenvalue weighted by Crippen LogP contribution is 2.22. The molecule has 3 N–H and O–H groups in total. The van der Waals surface area contributed by atoms with E-state index < -0.39 is 0 Å². The first-order chi connectivity index (χ1) is 6.31. The van der Waals surface area contributed by atoms with E-state index in [1.165, 1.54) is 0 Å². The van der Waals surface area contributed by atoms with Gasteiger partial charge in [-0.05, 0) is 24.3 Å². The molecule has 66 valence electrons. The maximum Gasteiger partial charge on any atom is 0.129 e. The molecule has 13 heavy (non-hydrogen) atoms. The normalized spacial score (nSPS) is 10.3. The van der Waals surface area contributed by atoms with Crippen LogP contribution in [-0.4, -0.2) is 4.98 Å². The van der Waals surface area contributed by atoms with Gasteiger partial charge in [0.2, 0.25) is 0 Å². The second-order valence-electron chi connectivity index (χ2n) is 2.65. The first kappa shape index (κ1) is 8.29. The maximum atomic E-state index is 5.75. The molecule has 0 atom stereocenters. The lowest BCUT2D eigenvalue weighted by Gasteiger charge is -2.04. The highest BCUT2D eigenvalue weighted by atomic mass is 35.5. The molecule has 0 bridgehead atoms. The number of hydrogen-bond donors (Lipinski definition) is 2. The summed E-state index contributed by atoms with van der Waals surface area (Å²) in [5.41, 5.74) is 4.29. The number of hydrogen-bond acceptors (Lipinski definition) is 3. The number of nitrogen functional groups attached to an aromatic ring is 1. The number of anilines is 1. The van der Waals surface area contributed by atoms with Crippen molar-refractivity contribution >= 4 is 28.2 Å². The summed E-state index contributed by atoms with van der Waals surface area (Å²) in [4.78, 5) is 4.15. The van der Waals surface area contributed by atoms with Crippen LogP contribution in [0.5, 0.6) is 0 Å². The average Bonchev–Trinajstić information content (AvgIpc) is 2.16. The minimum atomic E-state index is 0.488.